The molecule has 202 valence electrons. The maximum Gasteiger partial charge on any atom is 0.323 e. The highest BCUT2D eigenvalue weighted by Gasteiger charge is 2.25. The summed E-state index contributed by atoms with van der Waals surface area (Å²) in [5, 5.41) is 0. The van der Waals surface area contributed by atoms with Crippen molar-refractivity contribution in [3.63, 3.8) is 0 Å². The normalized spacial score (nSPS) is 15.1. The minimum Gasteiger partial charge on any atom is -0.459 e. The Bertz CT molecular complexity index is 900. The maximum atomic E-state index is 12.5. The van der Waals surface area contributed by atoms with E-state index in [0.29, 0.717) is 24.8 Å². The van der Waals surface area contributed by atoms with Crippen molar-refractivity contribution in [2.24, 2.45) is 17.6 Å². The molecular formula is C27H41NO8. The summed E-state index contributed by atoms with van der Waals surface area (Å²) in [7, 11) is 0. The molecule has 0 heterocycles. The number of hydrogen-bond donors (Lipinski definition) is 1. The van der Waals surface area contributed by atoms with Gasteiger partial charge in [0.1, 0.15) is 18.2 Å². The Morgan fingerprint density at radius 1 is 0.778 bits per heavy atom. The lowest BCUT2D eigenvalue weighted by atomic mass is 10.1. The van der Waals surface area contributed by atoms with Crippen molar-refractivity contribution in [3.05, 3.63) is 23.8 Å². The van der Waals surface area contributed by atoms with E-state index in [1.165, 1.54) is 12.1 Å². The van der Waals surface area contributed by atoms with Gasteiger partial charge in [-0.1, -0.05) is 40.7 Å². The molecule has 9 nitrogen and oxygen atoms in total. The smallest absolute Gasteiger partial charge is 0.323 e. The molecule has 0 saturated heterocycles. The van der Waals surface area contributed by atoms with Gasteiger partial charge in [-0.3, -0.25) is 19.2 Å². The Balaban J connectivity index is 2.96. The van der Waals surface area contributed by atoms with Gasteiger partial charge in [0.15, 0.2) is 11.5 Å². The summed E-state index contributed by atoms with van der Waals surface area (Å²) in [4.78, 5) is 49.0. The molecule has 0 amide bonds. The van der Waals surface area contributed by atoms with Crippen LogP contribution in [0, 0.1) is 11.8 Å². The molecule has 36 heavy (non-hydrogen) atoms. The largest absolute Gasteiger partial charge is 0.459 e. The quantitative estimate of drug-likeness (QED) is 0.292. The fourth-order valence-electron chi connectivity index (χ4n) is 2.86. The van der Waals surface area contributed by atoms with E-state index in [2.05, 4.69) is 0 Å². The molecule has 0 aliphatic carbocycles. The third-order valence-corrected chi connectivity index (χ3v) is 5.95. The first-order valence-corrected chi connectivity index (χ1v) is 12.6. The van der Waals surface area contributed by atoms with Crippen molar-refractivity contribution >= 4 is 23.9 Å². The van der Waals surface area contributed by atoms with Gasteiger partial charge in [0, 0.05) is 6.42 Å². The van der Waals surface area contributed by atoms with E-state index < -0.39 is 36.2 Å². The van der Waals surface area contributed by atoms with Crippen LogP contribution in [-0.4, -0.2) is 42.1 Å². The molecule has 0 bridgehead atoms. The molecule has 2 N–H and O–H groups in total. The van der Waals surface area contributed by atoms with Crippen molar-refractivity contribution in [3.8, 4) is 11.5 Å². The molecule has 1 aromatic carbocycles. The summed E-state index contributed by atoms with van der Waals surface area (Å²) in [6, 6.07) is 3.68. The second-order valence-corrected chi connectivity index (χ2v) is 9.14. The molecule has 1 rings (SSSR count). The van der Waals surface area contributed by atoms with Crippen LogP contribution < -0.4 is 15.2 Å². The fourth-order valence-corrected chi connectivity index (χ4v) is 2.86. The molecule has 1 aromatic rings. The topological polar surface area (TPSA) is 131 Å². The number of carbonyl (C=O) groups excluding carboxylic acids is 4. The number of esters is 4. The van der Waals surface area contributed by atoms with Gasteiger partial charge in [-0.25, -0.2) is 0 Å². The Morgan fingerprint density at radius 2 is 1.31 bits per heavy atom. The van der Waals surface area contributed by atoms with Crippen LogP contribution in [0.1, 0.15) is 79.7 Å². The Kier molecular flexibility index (Phi) is 13.2. The average Bonchev–Trinajstić information content (AvgIpc) is 2.84. The standard InChI is InChI=1S/C27H41NO8/c1-8-11-24(29)33-18(6)19(7)34-27(32)21(28)14-20-12-13-22(35-25(30)16(4)9-2)23(15-20)36-26(31)17(5)10-3/h12-13,15-19,21H,8-11,14,28H2,1-7H3/t16?,17?,18?,19-,21-/m0/s1. The van der Waals surface area contributed by atoms with E-state index in [1.807, 2.05) is 20.8 Å². The maximum absolute atomic E-state index is 12.5. The van der Waals surface area contributed by atoms with E-state index in [1.54, 1.807) is 33.8 Å². The molecule has 5 atom stereocenters. The molecule has 3 unspecified atom stereocenters. The van der Waals surface area contributed by atoms with Gasteiger partial charge in [-0.05, 0) is 57.2 Å². The van der Waals surface area contributed by atoms with Crippen LogP contribution in [0.3, 0.4) is 0 Å². The lowest BCUT2D eigenvalue weighted by Crippen LogP contribution is -2.39. The van der Waals surface area contributed by atoms with Gasteiger partial charge >= 0.3 is 23.9 Å². The average molecular weight is 508 g/mol. The number of nitrogens with two attached hydrogens (primary N) is 1. The van der Waals surface area contributed by atoms with Crippen molar-refractivity contribution in [2.75, 3.05) is 0 Å². The number of ether oxygens (including phenoxy) is 4. The fraction of sp³-hybridized carbons (Fsp3) is 0.630. The Morgan fingerprint density at radius 3 is 1.83 bits per heavy atom. The van der Waals surface area contributed by atoms with Gasteiger partial charge < -0.3 is 24.7 Å². The second kappa shape index (κ2) is 15.2. The lowest BCUT2D eigenvalue weighted by Gasteiger charge is -2.22. The zero-order valence-electron chi connectivity index (χ0n) is 22.5. The summed E-state index contributed by atoms with van der Waals surface area (Å²) in [6.45, 7) is 12.4. The van der Waals surface area contributed by atoms with Crippen LogP contribution in [0.5, 0.6) is 11.5 Å². The number of hydrogen-bond acceptors (Lipinski definition) is 9. The Hall–Kier alpha value is -2.94. The zero-order chi connectivity index (χ0) is 27.4. The van der Waals surface area contributed by atoms with E-state index in [0.717, 1.165) is 0 Å². The van der Waals surface area contributed by atoms with E-state index in [9.17, 15) is 19.2 Å². The van der Waals surface area contributed by atoms with Gasteiger partial charge in [-0.15, -0.1) is 0 Å². The number of carbonyl (C=O) groups is 4. The third-order valence-electron chi connectivity index (χ3n) is 5.95. The molecule has 0 radical (unpaired) electrons. The summed E-state index contributed by atoms with van der Waals surface area (Å²) >= 11 is 0. The summed E-state index contributed by atoms with van der Waals surface area (Å²) in [5.41, 5.74) is 6.66. The van der Waals surface area contributed by atoms with Crippen LogP contribution in [0.15, 0.2) is 18.2 Å². The summed E-state index contributed by atoms with van der Waals surface area (Å²) < 4.78 is 21.6. The molecule has 0 spiro atoms. The van der Waals surface area contributed by atoms with Crippen LogP contribution in [0.2, 0.25) is 0 Å². The predicted molar refractivity (Wildman–Crippen MR) is 134 cm³/mol. The van der Waals surface area contributed by atoms with Gasteiger partial charge in [0.05, 0.1) is 11.8 Å². The minimum atomic E-state index is -1.02. The molecule has 0 saturated carbocycles. The van der Waals surface area contributed by atoms with Gasteiger partial charge in [0.25, 0.3) is 0 Å². The summed E-state index contributed by atoms with van der Waals surface area (Å²) in [5.74, 6) is -2.38. The van der Waals surface area contributed by atoms with Crippen LogP contribution >= 0.6 is 0 Å². The minimum absolute atomic E-state index is 0.0832. The summed E-state index contributed by atoms with van der Waals surface area (Å²) in [6.07, 6.45) is 0.923. The lowest BCUT2D eigenvalue weighted by molar-refractivity contribution is -0.166. The third kappa shape index (κ3) is 9.97. The zero-order valence-corrected chi connectivity index (χ0v) is 22.5. The second-order valence-electron chi connectivity index (χ2n) is 9.14. The number of rotatable bonds is 14. The van der Waals surface area contributed by atoms with Crippen molar-refractivity contribution < 1.29 is 38.1 Å². The molecule has 0 aliphatic rings. The first-order chi connectivity index (χ1) is 16.9. The van der Waals surface area contributed by atoms with Gasteiger partial charge in [0.2, 0.25) is 0 Å². The van der Waals surface area contributed by atoms with E-state index in [4.69, 9.17) is 24.7 Å². The molecule has 0 fully saturated rings. The van der Waals surface area contributed by atoms with Crippen LogP contribution in [0.4, 0.5) is 0 Å². The highest BCUT2D eigenvalue weighted by molar-refractivity contribution is 5.79. The van der Waals surface area contributed by atoms with Crippen LogP contribution in [0.25, 0.3) is 0 Å². The van der Waals surface area contributed by atoms with Crippen molar-refractivity contribution in [1.82, 2.24) is 0 Å². The van der Waals surface area contributed by atoms with Crippen LogP contribution in [-0.2, 0) is 35.1 Å². The highest BCUT2D eigenvalue weighted by atomic mass is 16.6. The predicted octanol–water partition coefficient (Wildman–Crippen LogP) is 4.12. The first-order valence-electron chi connectivity index (χ1n) is 12.6. The van der Waals surface area contributed by atoms with E-state index in [-0.39, 0.29) is 42.1 Å². The van der Waals surface area contributed by atoms with Crippen molar-refractivity contribution in [1.29, 1.82) is 0 Å². The molecule has 0 aliphatic heterocycles. The molecule has 0 aromatic heterocycles. The molecular weight excluding hydrogens is 466 g/mol. The highest BCUT2D eigenvalue weighted by Crippen LogP contribution is 2.31. The van der Waals surface area contributed by atoms with E-state index >= 15 is 0 Å². The SMILES string of the molecule is CCCC(=O)OC(C)[C@H](C)OC(=O)[C@@H](N)Cc1ccc(OC(=O)C(C)CC)c(OC(=O)C(C)CC)c1. The van der Waals surface area contributed by atoms with Gasteiger partial charge in [-0.2, -0.15) is 0 Å². The number of benzene rings is 1. The monoisotopic (exact) mass is 507 g/mol. The Labute approximate surface area is 214 Å². The first kappa shape index (κ1) is 31.1. The molecule has 9 heteroatoms. The van der Waals surface area contributed by atoms with Crippen molar-refractivity contribution in [2.45, 2.75) is 98.8 Å².